The van der Waals surface area contributed by atoms with Crippen LogP contribution in [0.4, 0.5) is 14.7 Å². The zero-order valence-corrected chi connectivity index (χ0v) is 19.1. The summed E-state index contributed by atoms with van der Waals surface area (Å²) in [6.07, 6.45) is 1.40. The lowest BCUT2D eigenvalue weighted by Gasteiger charge is -2.18. The van der Waals surface area contributed by atoms with Crippen molar-refractivity contribution in [1.29, 1.82) is 0 Å². The molecule has 3 aromatic carbocycles. The number of aliphatic hydroxyl groups excluding tert-OH is 1. The van der Waals surface area contributed by atoms with Crippen LogP contribution in [0.5, 0.6) is 5.75 Å². The van der Waals surface area contributed by atoms with E-state index in [1.165, 1.54) is 18.2 Å². The van der Waals surface area contributed by atoms with Gasteiger partial charge in [-0.1, -0.05) is 18.2 Å². The predicted octanol–water partition coefficient (Wildman–Crippen LogP) is 4.23. The number of nitrogen functional groups attached to an aromatic ring is 1. The molecule has 0 radical (unpaired) electrons. The minimum atomic E-state index is -0.532. The van der Waals surface area contributed by atoms with Crippen LogP contribution in [0.15, 0.2) is 54.6 Å². The molecule has 6 rings (SSSR count). The first-order valence-electron chi connectivity index (χ1n) is 11.5. The number of rotatable bonds is 2. The number of aromatic nitrogens is 2. The van der Waals surface area contributed by atoms with Gasteiger partial charge in [-0.15, -0.1) is 0 Å². The van der Waals surface area contributed by atoms with E-state index in [2.05, 4.69) is 9.88 Å². The van der Waals surface area contributed by atoms with Crippen LogP contribution in [-0.4, -0.2) is 45.8 Å². The molecule has 2 aliphatic heterocycles. The highest BCUT2D eigenvalue weighted by molar-refractivity contribution is 5.96. The fourth-order valence-corrected chi connectivity index (χ4v) is 5.20. The molecule has 0 aliphatic carbocycles. The third kappa shape index (κ3) is 3.66. The summed E-state index contributed by atoms with van der Waals surface area (Å²) in [4.78, 5) is 6.61. The number of aliphatic hydroxyl groups is 1. The van der Waals surface area contributed by atoms with E-state index >= 15 is 0 Å². The van der Waals surface area contributed by atoms with E-state index in [1.54, 1.807) is 12.1 Å². The van der Waals surface area contributed by atoms with Crippen LogP contribution in [0.2, 0.25) is 0 Å². The Hall–Kier alpha value is -3.75. The van der Waals surface area contributed by atoms with Gasteiger partial charge in [0.15, 0.2) is 0 Å². The van der Waals surface area contributed by atoms with Crippen LogP contribution in [0.3, 0.4) is 0 Å². The van der Waals surface area contributed by atoms with Crippen molar-refractivity contribution in [3.05, 3.63) is 88.5 Å². The molecule has 2 atom stereocenters. The van der Waals surface area contributed by atoms with E-state index in [0.29, 0.717) is 47.0 Å². The normalized spacial score (nSPS) is 21.1. The second-order valence-corrected chi connectivity index (χ2v) is 9.20. The van der Waals surface area contributed by atoms with Crippen molar-refractivity contribution < 1.29 is 18.6 Å². The van der Waals surface area contributed by atoms with E-state index in [-0.39, 0.29) is 18.5 Å². The molecular weight excluding hydrogens is 450 g/mol. The van der Waals surface area contributed by atoms with E-state index in [1.807, 2.05) is 42.0 Å². The molecule has 6 nitrogen and oxygen atoms in total. The Morgan fingerprint density at radius 3 is 2.74 bits per heavy atom. The van der Waals surface area contributed by atoms with Crippen LogP contribution in [0.25, 0.3) is 22.7 Å². The highest BCUT2D eigenvalue weighted by Gasteiger charge is 2.33. The number of benzene rings is 3. The Labute approximate surface area is 200 Å². The van der Waals surface area contributed by atoms with Crippen LogP contribution in [0.1, 0.15) is 28.3 Å². The zero-order valence-electron chi connectivity index (χ0n) is 19.1. The summed E-state index contributed by atoms with van der Waals surface area (Å²) in [6.45, 7) is 1.26. The summed E-state index contributed by atoms with van der Waals surface area (Å²) in [6, 6.07) is 14.8. The molecule has 35 heavy (non-hydrogen) atoms. The van der Waals surface area contributed by atoms with Crippen molar-refractivity contribution in [1.82, 2.24) is 14.5 Å². The quantitative estimate of drug-likeness (QED) is 0.455. The summed E-state index contributed by atoms with van der Waals surface area (Å²) in [5.41, 5.74) is 11.1. The first-order chi connectivity index (χ1) is 16.9. The van der Waals surface area contributed by atoms with Crippen molar-refractivity contribution in [3.8, 4) is 5.75 Å². The number of likely N-dealkylation sites (N-methyl/N-ethyl adjacent to an activating group) is 1. The molecule has 1 saturated heterocycles. The Morgan fingerprint density at radius 1 is 1.09 bits per heavy atom. The van der Waals surface area contributed by atoms with Crippen LogP contribution >= 0.6 is 0 Å². The first-order valence-corrected chi connectivity index (χ1v) is 11.5. The maximum atomic E-state index is 14.7. The van der Waals surface area contributed by atoms with Gasteiger partial charge in [0.1, 0.15) is 24.0 Å². The number of β-amino-alcohol motifs (C(OH)–C–C–N with tert-alkyl or cyclic N) is 1. The zero-order chi connectivity index (χ0) is 24.3. The lowest BCUT2D eigenvalue weighted by atomic mass is 9.92. The predicted molar refractivity (Wildman–Crippen MR) is 131 cm³/mol. The minimum Gasteiger partial charge on any atom is -0.488 e. The summed E-state index contributed by atoms with van der Waals surface area (Å²) in [5, 5.41) is 10.5. The number of nitrogens with zero attached hydrogens (tertiary/aromatic N) is 3. The molecule has 0 amide bonds. The Bertz CT molecular complexity index is 1500. The van der Waals surface area contributed by atoms with Crippen molar-refractivity contribution in [2.45, 2.75) is 18.8 Å². The molecule has 2 aliphatic rings. The molecule has 8 heteroatoms. The number of hydrogen-bond donors (Lipinski definition) is 2. The third-order valence-corrected chi connectivity index (χ3v) is 6.84. The average molecular weight is 475 g/mol. The van der Waals surface area contributed by atoms with E-state index < -0.39 is 11.9 Å². The van der Waals surface area contributed by atoms with E-state index in [9.17, 15) is 13.9 Å². The topological polar surface area (TPSA) is 76.5 Å². The smallest absolute Gasteiger partial charge is 0.201 e. The van der Waals surface area contributed by atoms with Gasteiger partial charge in [-0.2, -0.15) is 0 Å². The maximum Gasteiger partial charge on any atom is 0.201 e. The van der Waals surface area contributed by atoms with Gasteiger partial charge in [0.25, 0.3) is 0 Å². The molecule has 1 unspecified atom stereocenters. The number of ether oxygens (including phenoxy) is 1. The molecule has 3 heterocycles. The van der Waals surface area contributed by atoms with E-state index in [4.69, 9.17) is 10.5 Å². The Kier molecular flexibility index (Phi) is 5.09. The van der Waals surface area contributed by atoms with Crippen molar-refractivity contribution in [2.24, 2.45) is 0 Å². The van der Waals surface area contributed by atoms with Gasteiger partial charge in [-0.05, 0) is 60.2 Å². The number of likely N-dealkylation sites (tertiary alicyclic amines) is 1. The highest BCUT2D eigenvalue weighted by Crippen LogP contribution is 2.39. The largest absolute Gasteiger partial charge is 0.488 e. The van der Waals surface area contributed by atoms with Gasteiger partial charge in [0.05, 0.1) is 23.2 Å². The van der Waals surface area contributed by atoms with Gasteiger partial charge in [0.2, 0.25) is 5.95 Å². The number of hydrogen-bond acceptors (Lipinski definition) is 5. The SMILES string of the molecule is CN1CC(O)[C@@H](n2c(N)nc3cc(/C=C4/c5ccc(F)cc5OCc5c(F)cccc54)ccc32)C1. The standard InChI is InChI=1S/C27H24F2N4O2/c1-32-12-24(25(34)13-32)33-23-8-5-15(10-22(23)31-27(33)30)9-19-17-3-2-4-21(29)20(17)14-35-26-11-16(28)6-7-18(19)26/h2-11,24-25,34H,12-14H2,1H3,(H2,30,31)/b19-9+/t24-,25?/m0/s1. The molecule has 1 fully saturated rings. The fourth-order valence-electron chi connectivity index (χ4n) is 5.20. The molecule has 0 bridgehead atoms. The molecule has 3 N–H and O–H groups in total. The van der Waals surface area contributed by atoms with Gasteiger partial charge >= 0.3 is 0 Å². The molecule has 178 valence electrons. The highest BCUT2D eigenvalue weighted by atomic mass is 19.1. The van der Waals surface area contributed by atoms with Crippen molar-refractivity contribution in [3.63, 3.8) is 0 Å². The molecule has 0 spiro atoms. The number of halogens is 2. The molecular formula is C27H24F2N4O2. The number of anilines is 1. The van der Waals surface area contributed by atoms with E-state index in [0.717, 1.165) is 16.7 Å². The minimum absolute atomic E-state index is 0.00787. The van der Waals surface area contributed by atoms with Crippen LogP contribution in [-0.2, 0) is 6.61 Å². The Morgan fingerprint density at radius 2 is 1.94 bits per heavy atom. The van der Waals surface area contributed by atoms with Gasteiger partial charge < -0.3 is 25.0 Å². The van der Waals surface area contributed by atoms with Crippen LogP contribution < -0.4 is 10.5 Å². The second-order valence-electron chi connectivity index (χ2n) is 9.20. The molecule has 1 aromatic heterocycles. The second kappa shape index (κ2) is 8.18. The summed E-state index contributed by atoms with van der Waals surface area (Å²) >= 11 is 0. The Balaban J connectivity index is 1.50. The lowest BCUT2D eigenvalue weighted by Crippen LogP contribution is -2.23. The van der Waals surface area contributed by atoms with Crippen molar-refractivity contribution in [2.75, 3.05) is 25.9 Å². The van der Waals surface area contributed by atoms with Gasteiger partial charge in [0, 0.05) is 30.3 Å². The third-order valence-electron chi connectivity index (χ3n) is 6.84. The summed E-state index contributed by atoms with van der Waals surface area (Å²) in [5.74, 6) is -0.0820. The number of nitrogens with two attached hydrogens (primary N) is 1. The van der Waals surface area contributed by atoms with Gasteiger partial charge in [-0.3, -0.25) is 0 Å². The first kappa shape index (κ1) is 21.8. The summed E-state index contributed by atoms with van der Waals surface area (Å²) < 4.78 is 36.3. The number of fused-ring (bicyclic) bond motifs is 3. The monoisotopic (exact) mass is 474 g/mol. The molecule has 0 saturated carbocycles. The fraction of sp³-hybridized carbons (Fsp3) is 0.222. The van der Waals surface area contributed by atoms with Gasteiger partial charge in [-0.25, -0.2) is 13.8 Å². The summed E-state index contributed by atoms with van der Waals surface area (Å²) in [7, 11) is 1.96. The average Bonchev–Trinajstić information content (AvgIpc) is 3.27. The molecule has 4 aromatic rings. The number of imidazole rings is 1. The lowest BCUT2D eigenvalue weighted by molar-refractivity contribution is 0.148. The van der Waals surface area contributed by atoms with Crippen molar-refractivity contribution >= 4 is 28.6 Å². The van der Waals surface area contributed by atoms with Crippen LogP contribution in [0, 0.1) is 11.6 Å². The maximum absolute atomic E-state index is 14.7.